The summed E-state index contributed by atoms with van der Waals surface area (Å²) < 4.78 is 2.21. The number of non-ortho nitro benzene ring substituents is 2. The Labute approximate surface area is 211 Å². The summed E-state index contributed by atoms with van der Waals surface area (Å²) in [6, 6.07) is 35.6. The Morgan fingerprint density at radius 2 is 0.892 bits per heavy atom. The lowest BCUT2D eigenvalue weighted by Gasteiger charge is -2.08. The molecule has 37 heavy (non-hydrogen) atoms. The summed E-state index contributed by atoms with van der Waals surface area (Å²) in [6.07, 6.45) is 0. The average Bonchev–Trinajstić information content (AvgIpc) is 3.26. The molecule has 5 aromatic carbocycles. The molecule has 0 N–H and O–H groups in total. The van der Waals surface area contributed by atoms with Crippen LogP contribution in [-0.2, 0) is 0 Å². The number of benzene rings is 5. The molecule has 6 aromatic rings. The van der Waals surface area contributed by atoms with Crippen molar-refractivity contribution in [3.05, 3.63) is 135 Å². The molecular weight excluding hydrogens is 466 g/mol. The van der Waals surface area contributed by atoms with Gasteiger partial charge in [0, 0.05) is 40.7 Å². The number of fused-ring (bicyclic) bond motifs is 3. The monoisotopic (exact) mass is 485 g/mol. The number of nitro benzene ring substituents is 2. The van der Waals surface area contributed by atoms with E-state index in [-0.39, 0.29) is 11.4 Å². The van der Waals surface area contributed by atoms with Gasteiger partial charge in [-0.3, -0.25) is 20.2 Å². The summed E-state index contributed by atoms with van der Waals surface area (Å²) in [5, 5.41) is 24.2. The predicted molar refractivity (Wildman–Crippen MR) is 145 cm³/mol. The number of nitro groups is 2. The summed E-state index contributed by atoms with van der Waals surface area (Å²) in [4.78, 5) is 21.4. The summed E-state index contributed by atoms with van der Waals surface area (Å²) >= 11 is 0. The third-order valence-corrected chi connectivity index (χ3v) is 6.60. The van der Waals surface area contributed by atoms with Gasteiger partial charge in [-0.15, -0.1) is 0 Å². The highest BCUT2D eigenvalue weighted by Gasteiger charge is 2.15. The Morgan fingerprint density at radius 1 is 0.486 bits per heavy atom. The highest BCUT2D eigenvalue weighted by Crippen LogP contribution is 2.37. The van der Waals surface area contributed by atoms with E-state index in [1.165, 1.54) is 24.3 Å². The van der Waals surface area contributed by atoms with Crippen molar-refractivity contribution in [2.45, 2.75) is 0 Å². The minimum atomic E-state index is -0.403. The minimum Gasteiger partial charge on any atom is -0.309 e. The van der Waals surface area contributed by atoms with Crippen LogP contribution in [0.2, 0.25) is 0 Å². The van der Waals surface area contributed by atoms with Crippen LogP contribution in [0.4, 0.5) is 11.4 Å². The average molecular weight is 485 g/mol. The van der Waals surface area contributed by atoms with Crippen LogP contribution in [0.3, 0.4) is 0 Å². The van der Waals surface area contributed by atoms with Crippen molar-refractivity contribution in [3.8, 4) is 27.9 Å². The van der Waals surface area contributed by atoms with Gasteiger partial charge in [-0.2, -0.15) is 0 Å². The fourth-order valence-corrected chi connectivity index (χ4v) is 4.79. The second-order valence-corrected chi connectivity index (χ2v) is 8.74. The number of aromatic nitrogens is 1. The van der Waals surface area contributed by atoms with E-state index in [0.29, 0.717) is 0 Å². The number of nitrogens with zero attached hydrogens (tertiary/aromatic N) is 3. The van der Waals surface area contributed by atoms with E-state index in [9.17, 15) is 20.2 Å². The summed E-state index contributed by atoms with van der Waals surface area (Å²) in [6.45, 7) is 0. The zero-order valence-electron chi connectivity index (χ0n) is 19.4. The summed E-state index contributed by atoms with van der Waals surface area (Å²) in [5.41, 5.74) is 6.90. The molecule has 178 valence electrons. The van der Waals surface area contributed by atoms with Crippen molar-refractivity contribution < 1.29 is 9.85 Å². The molecule has 0 bridgehead atoms. The second kappa shape index (κ2) is 8.73. The van der Waals surface area contributed by atoms with Gasteiger partial charge in [0.25, 0.3) is 11.4 Å². The largest absolute Gasteiger partial charge is 0.309 e. The van der Waals surface area contributed by atoms with Crippen molar-refractivity contribution in [2.24, 2.45) is 0 Å². The highest BCUT2D eigenvalue weighted by molar-refractivity contribution is 6.11. The van der Waals surface area contributed by atoms with E-state index in [0.717, 1.165) is 49.7 Å². The first kappa shape index (κ1) is 22.2. The molecule has 0 aliphatic carbocycles. The van der Waals surface area contributed by atoms with E-state index in [4.69, 9.17) is 0 Å². The third-order valence-electron chi connectivity index (χ3n) is 6.60. The zero-order chi connectivity index (χ0) is 25.5. The Balaban J connectivity index is 1.57. The molecule has 0 saturated carbocycles. The van der Waals surface area contributed by atoms with Gasteiger partial charge in [0.1, 0.15) is 0 Å². The SMILES string of the molecule is O=[N+]([O-])c1ccc(-c2ccc3c(c2)c2cc(-c4ccc([N+](=O)[O-])cc4)ccc2n3-c2ccccc2)cc1. The molecule has 6 rings (SSSR count). The molecule has 0 radical (unpaired) electrons. The Hall–Kier alpha value is -5.30. The van der Waals surface area contributed by atoms with Gasteiger partial charge in [0.15, 0.2) is 0 Å². The van der Waals surface area contributed by atoms with Gasteiger partial charge in [-0.25, -0.2) is 0 Å². The lowest BCUT2D eigenvalue weighted by atomic mass is 10.00. The first-order chi connectivity index (χ1) is 18.0. The zero-order valence-corrected chi connectivity index (χ0v) is 19.4. The smallest absolute Gasteiger partial charge is 0.269 e. The van der Waals surface area contributed by atoms with E-state index >= 15 is 0 Å². The molecule has 7 nitrogen and oxygen atoms in total. The molecular formula is C30H19N3O4. The van der Waals surface area contributed by atoms with Gasteiger partial charge in [0.05, 0.1) is 20.9 Å². The van der Waals surface area contributed by atoms with Gasteiger partial charge in [-0.1, -0.05) is 30.3 Å². The van der Waals surface area contributed by atoms with Crippen LogP contribution in [0.25, 0.3) is 49.7 Å². The minimum absolute atomic E-state index is 0.0539. The molecule has 0 aliphatic rings. The normalized spacial score (nSPS) is 11.1. The Bertz CT molecular complexity index is 1690. The van der Waals surface area contributed by atoms with Crippen molar-refractivity contribution in [3.63, 3.8) is 0 Å². The topological polar surface area (TPSA) is 91.2 Å². The van der Waals surface area contributed by atoms with E-state index in [1.807, 2.05) is 30.3 Å². The molecule has 0 spiro atoms. The van der Waals surface area contributed by atoms with Gasteiger partial charge < -0.3 is 4.57 Å². The quantitative estimate of drug-likeness (QED) is 0.183. The van der Waals surface area contributed by atoms with E-state index < -0.39 is 9.85 Å². The fourth-order valence-electron chi connectivity index (χ4n) is 4.79. The Morgan fingerprint density at radius 3 is 1.30 bits per heavy atom. The lowest BCUT2D eigenvalue weighted by Crippen LogP contribution is -1.93. The summed E-state index contributed by atoms with van der Waals surface area (Å²) in [5.74, 6) is 0. The van der Waals surface area contributed by atoms with Gasteiger partial charge in [-0.05, 0) is 82.9 Å². The summed E-state index contributed by atoms with van der Waals surface area (Å²) in [7, 11) is 0. The molecule has 0 aliphatic heterocycles. The molecule has 7 heteroatoms. The van der Waals surface area contributed by atoms with E-state index in [1.54, 1.807) is 24.3 Å². The molecule has 0 amide bonds. The van der Waals surface area contributed by atoms with Crippen LogP contribution in [0.5, 0.6) is 0 Å². The number of para-hydroxylation sites is 1. The van der Waals surface area contributed by atoms with Crippen LogP contribution >= 0.6 is 0 Å². The fraction of sp³-hybridized carbons (Fsp3) is 0. The number of hydrogen-bond donors (Lipinski definition) is 0. The predicted octanol–water partition coefficient (Wildman–Crippen LogP) is 7.93. The standard InChI is InChI=1S/C30H19N3O4/c34-32(35)25-12-6-20(7-13-25)22-10-16-29-27(18-22)28-19-23(21-8-14-26(15-9-21)33(36)37)11-17-30(28)31(29)24-4-2-1-3-5-24/h1-19H. The molecule has 0 saturated heterocycles. The maximum Gasteiger partial charge on any atom is 0.269 e. The first-order valence-electron chi connectivity index (χ1n) is 11.6. The van der Waals surface area contributed by atoms with Crippen LogP contribution in [0.1, 0.15) is 0 Å². The van der Waals surface area contributed by atoms with Crippen molar-refractivity contribution >= 4 is 33.2 Å². The maximum atomic E-state index is 11.1. The molecule has 1 aromatic heterocycles. The number of hydrogen-bond acceptors (Lipinski definition) is 4. The van der Waals surface area contributed by atoms with Crippen molar-refractivity contribution in [2.75, 3.05) is 0 Å². The van der Waals surface area contributed by atoms with Crippen LogP contribution < -0.4 is 0 Å². The molecule has 0 atom stereocenters. The maximum absolute atomic E-state index is 11.1. The van der Waals surface area contributed by atoms with Crippen LogP contribution in [0.15, 0.2) is 115 Å². The third kappa shape index (κ3) is 3.88. The highest BCUT2D eigenvalue weighted by atomic mass is 16.6. The van der Waals surface area contributed by atoms with Crippen molar-refractivity contribution in [1.29, 1.82) is 0 Å². The first-order valence-corrected chi connectivity index (χ1v) is 11.6. The molecule has 0 fully saturated rings. The molecule has 1 heterocycles. The Kier molecular flexibility index (Phi) is 5.23. The van der Waals surface area contributed by atoms with E-state index in [2.05, 4.69) is 41.0 Å². The van der Waals surface area contributed by atoms with Crippen LogP contribution in [0, 0.1) is 20.2 Å². The molecule has 0 unspecified atom stereocenters. The van der Waals surface area contributed by atoms with Crippen LogP contribution in [-0.4, -0.2) is 14.4 Å². The second-order valence-electron chi connectivity index (χ2n) is 8.74. The van der Waals surface area contributed by atoms with Crippen molar-refractivity contribution in [1.82, 2.24) is 4.57 Å². The number of rotatable bonds is 5. The van der Waals surface area contributed by atoms with Gasteiger partial charge >= 0.3 is 0 Å². The lowest BCUT2D eigenvalue weighted by molar-refractivity contribution is -0.385. The van der Waals surface area contributed by atoms with Gasteiger partial charge in [0.2, 0.25) is 0 Å².